The molecule has 0 saturated heterocycles. The largest absolute Gasteiger partial charge is 0.261 e. The van der Waals surface area contributed by atoms with Crippen molar-refractivity contribution in [1.82, 2.24) is 0 Å². The first kappa shape index (κ1) is 13.6. The van der Waals surface area contributed by atoms with Crippen LogP contribution in [0.2, 0.25) is 0 Å². The number of aliphatic imine (C=N–C) groups is 1. The van der Waals surface area contributed by atoms with Gasteiger partial charge in [-0.2, -0.15) is 0 Å². The average Bonchev–Trinajstić information content (AvgIpc) is 2.73. The molecule has 0 spiro atoms. The van der Waals surface area contributed by atoms with Crippen LogP contribution in [0.15, 0.2) is 46.5 Å². The molecule has 0 aliphatic heterocycles. The Morgan fingerprint density at radius 2 is 1.75 bits per heavy atom. The van der Waals surface area contributed by atoms with Crippen LogP contribution >= 0.6 is 0 Å². The quantitative estimate of drug-likeness (QED) is 0.502. The molecular formula is C19H25N. The van der Waals surface area contributed by atoms with E-state index in [0.29, 0.717) is 17.3 Å². The summed E-state index contributed by atoms with van der Waals surface area (Å²) in [5, 5.41) is 0. The molecule has 0 N–H and O–H groups in total. The fraction of sp³-hybridized carbons (Fsp3) is 0.526. The van der Waals surface area contributed by atoms with Gasteiger partial charge in [0.1, 0.15) is 0 Å². The lowest BCUT2D eigenvalue weighted by atomic mass is 9.71. The monoisotopic (exact) mass is 267 g/mol. The van der Waals surface area contributed by atoms with Crippen LogP contribution in [0, 0.1) is 22.7 Å². The molecule has 1 nitrogen and oxygen atoms in total. The number of hydrogen-bond acceptors (Lipinski definition) is 1. The van der Waals surface area contributed by atoms with Gasteiger partial charge in [-0.1, -0.05) is 50.1 Å². The molecule has 0 aromatic heterocycles. The molecule has 106 valence electrons. The predicted octanol–water partition coefficient (Wildman–Crippen LogP) is 5.41. The Morgan fingerprint density at radius 3 is 2.30 bits per heavy atom. The van der Waals surface area contributed by atoms with Crippen LogP contribution in [0.1, 0.15) is 41.0 Å². The van der Waals surface area contributed by atoms with Gasteiger partial charge in [0.25, 0.3) is 0 Å². The molecular weight excluding hydrogens is 242 g/mol. The van der Waals surface area contributed by atoms with Crippen LogP contribution in [0.3, 0.4) is 0 Å². The van der Waals surface area contributed by atoms with E-state index in [-0.39, 0.29) is 5.41 Å². The zero-order valence-corrected chi connectivity index (χ0v) is 13.3. The third-order valence-corrected chi connectivity index (χ3v) is 6.66. The van der Waals surface area contributed by atoms with Crippen molar-refractivity contribution in [2.45, 2.75) is 41.0 Å². The van der Waals surface area contributed by atoms with Gasteiger partial charge in [0, 0.05) is 12.1 Å². The molecule has 0 radical (unpaired) electrons. The fourth-order valence-electron chi connectivity index (χ4n) is 4.64. The smallest absolute Gasteiger partial charge is 0.0625 e. The Hall–Kier alpha value is -1.37. The fourth-order valence-corrected chi connectivity index (χ4v) is 4.64. The molecule has 20 heavy (non-hydrogen) atoms. The predicted molar refractivity (Wildman–Crippen MR) is 86.5 cm³/mol. The number of hydrogen-bond donors (Lipinski definition) is 0. The minimum Gasteiger partial charge on any atom is -0.261 e. The molecule has 2 aliphatic carbocycles. The highest BCUT2D eigenvalue weighted by Gasteiger charge is 2.61. The lowest BCUT2D eigenvalue weighted by Gasteiger charge is -2.33. The maximum absolute atomic E-state index is 4.73. The number of nitrogens with zero attached hydrogens (tertiary/aromatic N) is 1. The lowest BCUT2D eigenvalue weighted by Crippen LogP contribution is -2.28. The van der Waals surface area contributed by atoms with Gasteiger partial charge in [0.2, 0.25) is 0 Å². The summed E-state index contributed by atoms with van der Waals surface area (Å²) >= 11 is 0. The Balaban J connectivity index is 1.93. The first-order valence-electron chi connectivity index (χ1n) is 7.68. The van der Waals surface area contributed by atoms with E-state index in [0.717, 1.165) is 5.69 Å². The summed E-state index contributed by atoms with van der Waals surface area (Å²) in [6, 6.07) is 10.3. The number of rotatable bonds is 2. The zero-order valence-electron chi connectivity index (χ0n) is 13.3. The molecule has 4 atom stereocenters. The van der Waals surface area contributed by atoms with E-state index >= 15 is 0 Å². The van der Waals surface area contributed by atoms with Gasteiger partial charge in [-0.25, -0.2) is 0 Å². The van der Waals surface area contributed by atoms with Crippen molar-refractivity contribution in [2.75, 3.05) is 0 Å². The molecule has 1 aromatic rings. The van der Waals surface area contributed by atoms with Gasteiger partial charge in [0.05, 0.1) is 5.69 Å². The van der Waals surface area contributed by atoms with E-state index in [2.05, 4.69) is 65.1 Å². The number of allylic oxidation sites excluding steroid dienone is 2. The minimum absolute atomic E-state index is 0.289. The van der Waals surface area contributed by atoms with Gasteiger partial charge >= 0.3 is 0 Å². The maximum atomic E-state index is 4.73. The molecule has 0 amide bonds. The van der Waals surface area contributed by atoms with E-state index in [1.807, 2.05) is 6.07 Å². The number of benzene rings is 1. The second-order valence-electron chi connectivity index (χ2n) is 7.10. The summed E-state index contributed by atoms with van der Waals surface area (Å²) in [6.45, 7) is 12.0. The molecule has 1 saturated carbocycles. The topological polar surface area (TPSA) is 12.4 Å². The molecule has 2 aliphatic rings. The minimum atomic E-state index is 0.289. The molecule has 4 unspecified atom stereocenters. The SMILES string of the molecule is CC1=C(C)C2(C)C(C=Nc3ccccc3)CC1(C)C2C. The van der Waals surface area contributed by atoms with Gasteiger partial charge in [-0.15, -0.1) is 0 Å². The first-order valence-corrected chi connectivity index (χ1v) is 7.68. The van der Waals surface area contributed by atoms with Crippen LogP contribution in [0.25, 0.3) is 0 Å². The average molecular weight is 267 g/mol. The summed E-state index contributed by atoms with van der Waals surface area (Å²) in [5.74, 6) is 1.27. The summed E-state index contributed by atoms with van der Waals surface area (Å²) in [5.41, 5.74) is 4.94. The van der Waals surface area contributed by atoms with Crippen molar-refractivity contribution in [3.8, 4) is 0 Å². The third kappa shape index (κ3) is 1.58. The van der Waals surface area contributed by atoms with Gasteiger partial charge in [0.15, 0.2) is 0 Å². The van der Waals surface area contributed by atoms with Crippen LogP contribution in [0.4, 0.5) is 5.69 Å². The summed E-state index contributed by atoms with van der Waals surface area (Å²) in [4.78, 5) is 4.73. The van der Waals surface area contributed by atoms with Crippen LogP contribution in [-0.4, -0.2) is 6.21 Å². The van der Waals surface area contributed by atoms with Crippen molar-refractivity contribution in [2.24, 2.45) is 27.7 Å². The highest BCUT2D eigenvalue weighted by molar-refractivity contribution is 5.70. The van der Waals surface area contributed by atoms with Gasteiger partial charge in [-0.3, -0.25) is 4.99 Å². The summed E-state index contributed by atoms with van der Waals surface area (Å²) in [6.07, 6.45) is 3.46. The van der Waals surface area contributed by atoms with Crippen molar-refractivity contribution < 1.29 is 0 Å². The highest BCUT2D eigenvalue weighted by Crippen LogP contribution is 2.69. The standard InChI is InChI=1S/C19H25N/c1-13-14(2)19(5)15(3)18(13,4)11-16(19)12-20-17-9-7-6-8-10-17/h6-10,12,15-16H,11H2,1-5H3. The first-order chi connectivity index (χ1) is 9.40. The van der Waals surface area contributed by atoms with E-state index in [4.69, 9.17) is 4.99 Å². The highest BCUT2D eigenvalue weighted by atomic mass is 14.8. The zero-order chi connectivity index (χ0) is 14.5. The lowest BCUT2D eigenvalue weighted by molar-refractivity contribution is 0.241. The van der Waals surface area contributed by atoms with E-state index < -0.39 is 0 Å². The van der Waals surface area contributed by atoms with Crippen molar-refractivity contribution >= 4 is 11.9 Å². The molecule has 2 bridgehead atoms. The Morgan fingerprint density at radius 1 is 1.10 bits per heavy atom. The Bertz CT molecular complexity index is 583. The van der Waals surface area contributed by atoms with Crippen LogP contribution in [-0.2, 0) is 0 Å². The Kier molecular flexibility index (Phi) is 2.93. The number of para-hydroxylation sites is 1. The molecule has 1 heteroatoms. The van der Waals surface area contributed by atoms with E-state index in [1.54, 1.807) is 11.1 Å². The van der Waals surface area contributed by atoms with Crippen molar-refractivity contribution in [3.63, 3.8) is 0 Å². The molecule has 1 aromatic carbocycles. The summed E-state index contributed by atoms with van der Waals surface area (Å²) < 4.78 is 0. The van der Waals surface area contributed by atoms with Crippen molar-refractivity contribution in [1.29, 1.82) is 0 Å². The Labute approximate surface area is 122 Å². The third-order valence-electron chi connectivity index (χ3n) is 6.66. The second-order valence-corrected chi connectivity index (χ2v) is 7.10. The molecule has 1 fully saturated rings. The molecule has 0 heterocycles. The van der Waals surface area contributed by atoms with Crippen molar-refractivity contribution in [3.05, 3.63) is 41.5 Å². The van der Waals surface area contributed by atoms with Gasteiger partial charge in [-0.05, 0) is 49.1 Å². The normalized spacial score (nSPS) is 40.0. The maximum Gasteiger partial charge on any atom is 0.0625 e. The van der Waals surface area contributed by atoms with Crippen LogP contribution < -0.4 is 0 Å². The second kappa shape index (κ2) is 4.31. The van der Waals surface area contributed by atoms with E-state index in [9.17, 15) is 0 Å². The molecule has 3 rings (SSSR count). The van der Waals surface area contributed by atoms with Gasteiger partial charge < -0.3 is 0 Å². The van der Waals surface area contributed by atoms with Crippen LogP contribution in [0.5, 0.6) is 0 Å². The number of fused-ring (bicyclic) bond motifs is 2. The van der Waals surface area contributed by atoms with E-state index in [1.165, 1.54) is 6.42 Å². The summed E-state index contributed by atoms with van der Waals surface area (Å²) in [7, 11) is 0.